The Kier molecular flexibility index (Phi) is 6.23. The predicted molar refractivity (Wildman–Crippen MR) is 114 cm³/mol. The average molecular weight is 444 g/mol. The van der Waals surface area contributed by atoms with Gasteiger partial charge in [-0.2, -0.15) is 18.4 Å². The molecule has 1 heterocycles. The molecule has 0 aliphatic heterocycles. The summed E-state index contributed by atoms with van der Waals surface area (Å²) in [6.45, 7) is 3.45. The number of nitriles is 1. The molecule has 0 radical (unpaired) electrons. The number of halogens is 4. The van der Waals surface area contributed by atoms with E-state index in [9.17, 15) is 23.2 Å². The SMILES string of the molecule is Cc1cc(/C=C(/C#N)C(=O)Nc2ccc(Cl)cc2)c(C)n1-c1cccc(C(F)(F)F)c1. The molecule has 8 heteroatoms. The van der Waals surface area contributed by atoms with Gasteiger partial charge in [-0.3, -0.25) is 4.79 Å². The van der Waals surface area contributed by atoms with Crippen molar-refractivity contribution >= 4 is 29.3 Å². The molecule has 0 spiro atoms. The summed E-state index contributed by atoms with van der Waals surface area (Å²) >= 11 is 5.82. The number of hydrogen-bond acceptors (Lipinski definition) is 2. The number of benzene rings is 2. The Bertz CT molecular complexity index is 1200. The second-order valence-corrected chi connectivity index (χ2v) is 7.28. The number of amides is 1. The first kappa shape index (κ1) is 22.2. The highest BCUT2D eigenvalue weighted by molar-refractivity contribution is 6.30. The van der Waals surface area contributed by atoms with Gasteiger partial charge < -0.3 is 9.88 Å². The van der Waals surface area contributed by atoms with E-state index in [-0.39, 0.29) is 5.57 Å². The van der Waals surface area contributed by atoms with E-state index in [1.807, 2.05) is 6.07 Å². The number of aryl methyl sites for hydroxylation is 1. The van der Waals surface area contributed by atoms with Crippen LogP contribution >= 0.6 is 11.6 Å². The summed E-state index contributed by atoms with van der Waals surface area (Å²) in [4.78, 5) is 12.5. The van der Waals surface area contributed by atoms with Crippen molar-refractivity contribution in [2.24, 2.45) is 0 Å². The molecule has 3 aromatic rings. The highest BCUT2D eigenvalue weighted by Gasteiger charge is 2.30. The molecule has 0 aliphatic carbocycles. The molecule has 0 saturated heterocycles. The van der Waals surface area contributed by atoms with Crippen LogP contribution in [0.2, 0.25) is 5.02 Å². The zero-order valence-corrected chi connectivity index (χ0v) is 17.3. The van der Waals surface area contributed by atoms with Crippen molar-refractivity contribution in [2.75, 3.05) is 5.32 Å². The standard InChI is InChI=1S/C23H17ClF3N3O/c1-14-10-16(11-17(13-28)22(31)29-20-8-6-19(24)7-9-20)15(2)30(14)21-5-3-4-18(12-21)23(25,26)27/h3-12H,1-2H3,(H,29,31)/b17-11-. The van der Waals surface area contributed by atoms with Crippen LogP contribution in [0.5, 0.6) is 0 Å². The number of nitrogens with one attached hydrogen (secondary N) is 1. The van der Waals surface area contributed by atoms with Crippen LogP contribution in [0.15, 0.2) is 60.2 Å². The maximum absolute atomic E-state index is 13.1. The summed E-state index contributed by atoms with van der Waals surface area (Å²) in [7, 11) is 0. The van der Waals surface area contributed by atoms with Gasteiger partial charge in [-0.15, -0.1) is 0 Å². The lowest BCUT2D eigenvalue weighted by Crippen LogP contribution is -2.13. The molecule has 31 heavy (non-hydrogen) atoms. The van der Waals surface area contributed by atoms with E-state index < -0.39 is 17.6 Å². The monoisotopic (exact) mass is 443 g/mol. The number of rotatable bonds is 4. The fourth-order valence-electron chi connectivity index (χ4n) is 3.19. The first-order chi connectivity index (χ1) is 14.6. The highest BCUT2D eigenvalue weighted by Crippen LogP contribution is 2.31. The van der Waals surface area contributed by atoms with Crippen molar-refractivity contribution in [3.05, 3.63) is 87.7 Å². The van der Waals surface area contributed by atoms with Crippen LogP contribution in [0.1, 0.15) is 22.5 Å². The molecule has 0 aliphatic rings. The number of nitrogens with zero attached hydrogens (tertiary/aromatic N) is 2. The zero-order chi connectivity index (χ0) is 22.8. The molecule has 0 atom stereocenters. The number of alkyl halides is 3. The lowest BCUT2D eigenvalue weighted by molar-refractivity contribution is -0.137. The van der Waals surface area contributed by atoms with Gasteiger partial charge in [-0.05, 0) is 74.0 Å². The van der Waals surface area contributed by atoms with E-state index in [0.717, 1.165) is 12.1 Å². The molecule has 4 nitrogen and oxygen atoms in total. The van der Waals surface area contributed by atoms with Crippen molar-refractivity contribution in [1.29, 1.82) is 5.26 Å². The summed E-state index contributed by atoms with van der Waals surface area (Å²) in [6, 6.07) is 15.0. The Morgan fingerprint density at radius 2 is 1.81 bits per heavy atom. The van der Waals surface area contributed by atoms with Gasteiger partial charge in [0.25, 0.3) is 5.91 Å². The van der Waals surface area contributed by atoms with Crippen LogP contribution in [0.3, 0.4) is 0 Å². The maximum Gasteiger partial charge on any atom is 0.416 e. The molecule has 1 aromatic heterocycles. The third-order valence-electron chi connectivity index (χ3n) is 4.67. The fraction of sp³-hybridized carbons (Fsp3) is 0.130. The Morgan fingerprint density at radius 3 is 2.42 bits per heavy atom. The summed E-state index contributed by atoms with van der Waals surface area (Å²) in [6.07, 6.45) is -3.04. The Balaban J connectivity index is 1.95. The van der Waals surface area contributed by atoms with Crippen molar-refractivity contribution in [1.82, 2.24) is 4.57 Å². The van der Waals surface area contributed by atoms with Crippen molar-refractivity contribution < 1.29 is 18.0 Å². The molecule has 1 amide bonds. The smallest absolute Gasteiger partial charge is 0.321 e. The van der Waals surface area contributed by atoms with Gasteiger partial charge in [0.2, 0.25) is 0 Å². The average Bonchev–Trinajstić information content (AvgIpc) is 3.00. The fourth-order valence-corrected chi connectivity index (χ4v) is 3.31. The molecule has 0 unspecified atom stereocenters. The number of hydrogen-bond donors (Lipinski definition) is 1. The maximum atomic E-state index is 13.1. The van der Waals surface area contributed by atoms with E-state index in [1.165, 1.54) is 12.1 Å². The quantitative estimate of drug-likeness (QED) is 0.379. The number of carbonyl (C=O) groups is 1. The normalized spacial score (nSPS) is 11.8. The first-order valence-electron chi connectivity index (χ1n) is 9.15. The highest BCUT2D eigenvalue weighted by atomic mass is 35.5. The molecular weight excluding hydrogens is 427 g/mol. The van der Waals surface area contributed by atoms with Crippen LogP contribution in [-0.2, 0) is 11.0 Å². The predicted octanol–water partition coefficient (Wildman–Crippen LogP) is 6.31. The third kappa shape index (κ3) is 4.98. The van der Waals surface area contributed by atoms with Gasteiger partial charge in [0.05, 0.1) is 5.56 Å². The molecular formula is C23H17ClF3N3O. The van der Waals surface area contributed by atoms with Crippen LogP contribution in [0, 0.1) is 25.2 Å². The minimum absolute atomic E-state index is 0.140. The van der Waals surface area contributed by atoms with Gasteiger partial charge in [-0.25, -0.2) is 0 Å². The Labute approximate surface area is 182 Å². The number of carbonyl (C=O) groups excluding carboxylic acids is 1. The first-order valence-corrected chi connectivity index (χ1v) is 9.53. The minimum atomic E-state index is -4.46. The minimum Gasteiger partial charge on any atom is -0.321 e. The second kappa shape index (κ2) is 8.70. The summed E-state index contributed by atoms with van der Waals surface area (Å²) in [5.74, 6) is -0.603. The van der Waals surface area contributed by atoms with Gasteiger partial charge >= 0.3 is 6.18 Å². The van der Waals surface area contributed by atoms with E-state index in [0.29, 0.717) is 33.3 Å². The van der Waals surface area contributed by atoms with Crippen LogP contribution < -0.4 is 5.32 Å². The van der Waals surface area contributed by atoms with Crippen LogP contribution in [0.4, 0.5) is 18.9 Å². The van der Waals surface area contributed by atoms with Gasteiger partial charge in [0.1, 0.15) is 11.6 Å². The van der Waals surface area contributed by atoms with Crippen molar-refractivity contribution in [3.8, 4) is 11.8 Å². The molecule has 3 rings (SSSR count). The van der Waals surface area contributed by atoms with E-state index in [1.54, 1.807) is 54.8 Å². The zero-order valence-electron chi connectivity index (χ0n) is 16.6. The van der Waals surface area contributed by atoms with E-state index in [2.05, 4.69) is 5.32 Å². The van der Waals surface area contributed by atoms with Crippen LogP contribution in [0.25, 0.3) is 11.8 Å². The van der Waals surface area contributed by atoms with E-state index in [4.69, 9.17) is 11.6 Å². The van der Waals surface area contributed by atoms with Crippen molar-refractivity contribution in [3.63, 3.8) is 0 Å². The molecule has 158 valence electrons. The van der Waals surface area contributed by atoms with Gasteiger partial charge in [-0.1, -0.05) is 17.7 Å². The topological polar surface area (TPSA) is 57.8 Å². The Hall–Kier alpha value is -3.50. The summed E-state index contributed by atoms with van der Waals surface area (Å²) < 4.78 is 40.9. The van der Waals surface area contributed by atoms with Gasteiger partial charge in [0, 0.05) is 27.8 Å². The molecule has 0 saturated carbocycles. The third-order valence-corrected chi connectivity index (χ3v) is 4.92. The molecule has 0 bridgehead atoms. The summed E-state index contributed by atoms with van der Waals surface area (Å²) in [5, 5.41) is 12.6. The Morgan fingerprint density at radius 1 is 1.13 bits per heavy atom. The summed E-state index contributed by atoms with van der Waals surface area (Å²) in [5.41, 5.74) is 1.74. The lowest BCUT2D eigenvalue weighted by atomic mass is 10.1. The van der Waals surface area contributed by atoms with Crippen molar-refractivity contribution in [2.45, 2.75) is 20.0 Å². The largest absolute Gasteiger partial charge is 0.416 e. The second-order valence-electron chi connectivity index (χ2n) is 6.84. The molecule has 2 aromatic carbocycles. The van der Waals surface area contributed by atoms with E-state index >= 15 is 0 Å². The molecule has 1 N–H and O–H groups in total. The van der Waals surface area contributed by atoms with Crippen LogP contribution in [-0.4, -0.2) is 10.5 Å². The number of anilines is 1. The number of aromatic nitrogens is 1. The molecule has 0 fully saturated rings. The van der Waals surface area contributed by atoms with Gasteiger partial charge in [0.15, 0.2) is 0 Å². The lowest BCUT2D eigenvalue weighted by Gasteiger charge is -2.13.